The van der Waals surface area contributed by atoms with Gasteiger partial charge in [0, 0.05) is 13.0 Å². The molecule has 1 fully saturated rings. The lowest BCUT2D eigenvalue weighted by atomic mass is 10.2. The Hall–Kier alpha value is -1.57. The van der Waals surface area contributed by atoms with Crippen LogP contribution in [0.3, 0.4) is 0 Å². The number of thioether (sulfide) groups is 1. The minimum Gasteiger partial charge on any atom is -0.481 e. The van der Waals surface area contributed by atoms with Crippen LogP contribution in [-0.2, 0) is 14.4 Å². The van der Waals surface area contributed by atoms with Crippen LogP contribution in [0.4, 0.5) is 4.79 Å². The molecule has 1 aliphatic heterocycles. The molecule has 0 saturated carbocycles. The van der Waals surface area contributed by atoms with Gasteiger partial charge in [-0.3, -0.25) is 24.5 Å². The second-order valence-corrected chi connectivity index (χ2v) is 4.26. The number of hydrogen-bond acceptors (Lipinski definition) is 5. The third-order valence-electron chi connectivity index (χ3n) is 1.80. The van der Waals surface area contributed by atoms with E-state index in [1.165, 1.54) is 0 Å². The van der Waals surface area contributed by atoms with Crippen LogP contribution in [0.1, 0.15) is 12.8 Å². The van der Waals surface area contributed by atoms with Crippen LogP contribution in [0.5, 0.6) is 0 Å². The van der Waals surface area contributed by atoms with Crippen molar-refractivity contribution in [3.05, 3.63) is 0 Å². The highest BCUT2D eigenvalue weighted by molar-refractivity contribution is 8.15. The van der Waals surface area contributed by atoms with Crippen molar-refractivity contribution in [3.63, 3.8) is 0 Å². The molecule has 88 valence electrons. The van der Waals surface area contributed by atoms with Crippen molar-refractivity contribution in [1.82, 2.24) is 10.6 Å². The molecule has 1 rings (SSSR count). The Bertz CT molecular complexity index is 343. The molecule has 0 radical (unpaired) electrons. The second kappa shape index (κ2) is 5.50. The van der Waals surface area contributed by atoms with Gasteiger partial charge in [0.15, 0.2) is 0 Å². The molecule has 3 amide bonds. The Morgan fingerprint density at radius 3 is 2.62 bits per heavy atom. The van der Waals surface area contributed by atoms with Crippen LogP contribution in [0.25, 0.3) is 0 Å². The molecule has 1 saturated heterocycles. The van der Waals surface area contributed by atoms with Crippen molar-refractivity contribution in [2.75, 3.05) is 6.54 Å². The Kier molecular flexibility index (Phi) is 4.29. The summed E-state index contributed by atoms with van der Waals surface area (Å²) in [6, 6.07) is 0. The largest absolute Gasteiger partial charge is 0.481 e. The average molecular weight is 246 g/mol. The Labute approximate surface area is 95.0 Å². The minimum atomic E-state index is -1.01. The second-order valence-electron chi connectivity index (χ2n) is 3.08. The van der Waals surface area contributed by atoms with E-state index in [1.54, 1.807) is 0 Å². The van der Waals surface area contributed by atoms with Crippen LogP contribution in [0, 0.1) is 0 Å². The van der Waals surface area contributed by atoms with Crippen LogP contribution in [0.2, 0.25) is 0 Å². The number of nitrogens with one attached hydrogen (secondary N) is 2. The molecule has 1 aliphatic rings. The number of hydrogen-bond donors (Lipinski definition) is 3. The average Bonchev–Trinajstić information content (AvgIpc) is 2.44. The Balaban J connectivity index is 2.26. The molecule has 1 unspecified atom stereocenters. The van der Waals surface area contributed by atoms with Gasteiger partial charge >= 0.3 is 5.97 Å². The van der Waals surface area contributed by atoms with Crippen molar-refractivity contribution in [3.8, 4) is 0 Å². The topological polar surface area (TPSA) is 113 Å². The zero-order chi connectivity index (χ0) is 12.1. The number of carboxylic acids is 1. The summed E-state index contributed by atoms with van der Waals surface area (Å²) in [6.07, 6.45) is -0.295. The molecule has 0 aromatic carbocycles. The highest BCUT2D eigenvalue weighted by Crippen LogP contribution is 2.21. The zero-order valence-electron chi connectivity index (χ0n) is 8.19. The van der Waals surface area contributed by atoms with Crippen LogP contribution in [0.15, 0.2) is 0 Å². The molecule has 0 aromatic heterocycles. The molecule has 16 heavy (non-hydrogen) atoms. The summed E-state index contributed by atoms with van der Waals surface area (Å²) in [7, 11) is 0. The van der Waals surface area contributed by atoms with E-state index < -0.39 is 28.3 Å². The summed E-state index contributed by atoms with van der Waals surface area (Å²) in [5.74, 6) is -1.93. The first-order valence-electron chi connectivity index (χ1n) is 4.49. The van der Waals surface area contributed by atoms with E-state index in [0.29, 0.717) is 0 Å². The van der Waals surface area contributed by atoms with E-state index in [1.807, 2.05) is 0 Å². The SMILES string of the molecule is O=C(O)CCNC(=O)CC1SC(=O)NC1=O. The van der Waals surface area contributed by atoms with Gasteiger partial charge in [0.05, 0.1) is 6.42 Å². The van der Waals surface area contributed by atoms with Crippen molar-refractivity contribution in [2.45, 2.75) is 18.1 Å². The van der Waals surface area contributed by atoms with E-state index in [-0.39, 0.29) is 19.4 Å². The maximum absolute atomic E-state index is 11.2. The molecule has 7 nitrogen and oxygen atoms in total. The van der Waals surface area contributed by atoms with E-state index in [4.69, 9.17) is 5.11 Å². The number of rotatable bonds is 5. The molecule has 0 spiro atoms. The van der Waals surface area contributed by atoms with Gasteiger partial charge in [0.2, 0.25) is 11.8 Å². The molecule has 1 atom stereocenters. The molecule has 8 heteroatoms. The quantitative estimate of drug-likeness (QED) is 0.592. The van der Waals surface area contributed by atoms with Crippen molar-refractivity contribution >= 4 is 34.8 Å². The van der Waals surface area contributed by atoms with Gasteiger partial charge in [-0.2, -0.15) is 0 Å². The molecular formula is C8H10N2O5S. The number of amides is 3. The van der Waals surface area contributed by atoms with Gasteiger partial charge in [0.1, 0.15) is 5.25 Å². The van der Waals surface area contributed by atoms with Gasteiger partial charge in [-0.1, -0.05) is 11.8 Å². The molecule has 0 bridgehead atoms. The maximum Gasteiger partial charge on any atom is 0.305 e. The maximum atomic E-state index is 11.2. The van der Waals surface area contributed by atoms with Crippen molar-refractivity contribution < 1.29 is 24.3 Å². The monoisotopic (exact) mass is 246 g/mol. The van der Waals surface area contributed by atoms with Gasteiger partial charge in [-0.05, 0) is 0 Å². The summed E-state index contributed by atoms with van der Waals surface area (Å²) < 4.78 is 0. The van der Waals surface area contributed by atoms with E-state index in [0.717, 1.165) is 11.8 Å². The van der Waals surface area contributed by atoms with Crippen LogP contribution < -0.4 is 10.6 Å². The molecule has 1 heterocycles. The number of carbonyl (C=O) groups excluding carboxylic acids is 3. The van der Waals surface area contributed by atoms with Gasteiger partial charge in [-0.25, -0.2) is 0 Å². The highest BCUT2D eigenvalue weighted by atomic mass is 32.2. The van der Waals surface area contributed by atoms with Crippen LogP contribution >= 0.6 is 11.8 Å². The van der Waals surface area contributed by atoms with Gasteiger partial charge in [0.25, 0.3) is 5.24 Å². The standard InChI is InChI=1S/C8H10N2O5S/c11-5(9-2-1-6(12)13)3-4-7(14)10-8(15)16-4/h4H,1-3H2,(H,9,11)(H,12,13)(H,10,14,15). The lowest BCUT2D eigenvalue weighted by Crippen LogP contribution is -2.32. The van der Waals surface area contributed by atoms with Gasteiger partial charge < -0.3 is 10.4 Å². The zero-order valence-corrected chi connectivity index (χ0v) is 9.00. The van der Waals surface area contributed by atoms with Crippen molar-refractivity contribution in [2.24, 2.45) is 0 Å². The lowest BCUT2D eigenvalue weighted by molar-refractivity contribution is -0.137. The normalized spacial score (nSPS) is 19.4. The predicted octanol–water partition coefficient (Wildman–Crippen LogP) is -0.681. The van der Waals surface area contributed by atoms with Crippen LogP contribution in [-0.4, -0.2) is 39.9 Å². The fourth-order valence-corrected chi connectivity index (χ4v) is 1.90. The molecule has 3 N–H and O–H groups in total. The summed E-state index contributed by atoms with van der Waals surface area (Å²) in [5.41, 5.74) is 0. The molecule has 0 aliphatic carbocycles. The fraction of sp³-hybridized carbons (Fsp3) is 0.500. The summed E-state index contributed by atoms with van der Waals surface area (Å²) >= 11 is 0.765. The van der Waals surface area contributed by atoms with E-state index in [9.17, 15) is 19.2 Å². The number of imide groups is 1. The van der Waals surface area contributed by atoms with E-state index in [2.05, 4.69) is 10.6 Å². The number of carboxylic acid groups (broad SMARTS) is 1. The first kappa shape index (κ1) is 12.5. The third kappa shape index (κ3) is 3.89. The lowest BCUT2D eigenvalue weighted by Gasteiger charge is -2.05. The first-order valence-corrected chi connectivity index (χ1v) is 5.37. The molecular weight excluding hydrogens is 236 g/mol. The number of carbonyl (C=O) groups is 4. The Morgan fingerprint density at radius 2 is 2.12 bits per heavy atom. The highest BCUT2D eigenvalue weighted by Gasteiger charge is 2.33. The minimum absolute atomic E-state index is 0.0150. The van der Waals surface area contributed by atoms with Crippen molar-refractivity contribution in [1.29, 1.82) is 0 Å². The molecule has 0 aromatic rings. The summed E-state index contributed by atoms with van der Waals surface area (Å²) in [4.78, 5) is 43.2. The smallest absolute Gasteiger partial charge is 0.305 e. The van der Waals surface area contributed by atoms with E-state index >= 15 is 0 Å². The number of aliphatic carboxylic acids is 1. The Morgan fingerprint density at radius 1 is 1.44 bits per heavy atom. The summed E-state index contributed by atoms with van der Waals surface area (Å²) in [5, 5.41) is 11.6. The third-order valence-corrected chi connectivity index (χ3v) is 2.78. The summed E-state index contributed by atoms with van der Waals surface area (Å²) in [6.45, 7) is 0.0150. The van der Waals surface area contributed by atoms with Gasteiger partial charge in [-0.15, -0.1) is 0 Å². The first-order chi connectivity index (χ1) is 7.49. The fourth-order valence-electron chi connectivity index (χ4n) is 1.08. The predicted molar refractivity (Wildman–Crippen MR) is 54.8 cm³/mol.